The number of hydrogen-bond acceptors (Lipinski definition) is 3. The van der Waals surface area contributed by atoms with Crippen molar-refractivity contribution >= 4 is 27.5 Å². The van der Waals surface area contributed by atoms with Crippen LogP contribution in [0.3, 0.4) is 0 Å². The van der Waals surface area contributed by atoms with Gasteiger partial charge in [-0.2, -0.15) is 0 Å². The molecule has 1 aliphatic rings. The molecule has 1 N–H and O–H groups in total. The number of ether oxygens (including phenoxy) is 1. The number of carbonyl (C=O) groups is 1. The van der Waals surface area contributed by atoms with E-state index in [1.807, 2.05) is 19.1 Å². The average molecular weight is 297 g/mol. The summed E-state index contributed by atoms with van der Waals surface area (Å²) in [5.74, 6) is -0.443. The Morgan fingerprint density at radius 3 is 2.41 bits per heavy atom. The molecule has 0 saturated heterocycles. The zero-order valence-corrected chi connectivity index (χ0v) is 11.2. The maximum Gasteiger partial charge on any atom is 0.343 e. The van der Waals surface area contributed by atoms with E-state index in [1.165, 1.54) is 0 Å². The predicted molar refractivity (Wildman–Crippen MR) is 68.5 cm³/mol. The van der Waals surface area contributed by atoms with E-state index in [1.54, 1.807) is 19.1 Å². The van der Waals surface area contributed by atoms with Crippen LogP contribution in [0.25, 0.3) is 5.57 Å². The van der Waals surface area contributed by atoms with Gasteiger partial charge in [0.1, 0.15) is 5.57 Å². The monoisotopic (exact) mass is 296 g/mol. The molecular formula is C13H13BrO3. The molecule has 90 valence electrons. The van der Waals surface area contributed by atoms with Crippen LogP contribution in [0.2, 0.25) is 0 Å². The lowest BCUT2D eigenvalue weighted by atomic mass is 9.96. The summed E-state index contributed by atoms with van der Waals surface area (Å²) in [6.07, 6.45) is 0.546. The Morgan fingerprint density at radius 1 is 1.35 bits per heavy atom. The van der Waals surface area contributed by atoms with Crippen molar-refractivity contribution < 1.29 is 14.6 Å². The molecule has 0 radical (unpaired) electrons. The number of aliphatic hydroxyl groups excluding tert-OH is 1. The van der Waals surface area contributed by atoms with Crippen molar-refractivity contribution in [1.82, 2.24) is 0 Å². The molecule has 1 aliphatic heterocycles. The van der Waals surface area contributed by atoms with Crippen molar-refractivity contribution in [2.45, 2.75) is 25.9 Å². The highest BCUT2D eigenvalue weighted by molar-refractivity contribution is 9.10. The molecule has 0 spiro atoms. The number of rotatable bonds is 2. The van der Waals surface area contributed by atoms with Crippen LogP contribution in [0.5, 0.6) is 0 Å². The summed E-state index contributed by atoms with van der Waals surface area (Å²) in [5.41, 5.74) is 0.0502. The lowest BCUT2D eigenvalue weighted by Gasteiger charge is -2.20. The van der Waals surface area contributed by atoms with E-state index in [4.69, 9.17) is 4.74 Å². The van der Waals surface area contributed by atoms with Gasteiger partial charge >= 0.3 is 5.97 Å². The van der Waals surface area contributed by atoms with Crippen LogP contribution < -0.4 is 0 Å². The molecule has 1 heterocycles. The molecule has 0 bridgehead atoms. The SMILES string of the molecule is CCC1(C)OC(=O)C(c2ccc(Br)cc2)=C1O. The topological polar surface area (TPSA) is 46.5 Å². The van der Waals surface area contributed by atoms with Crippen LogP contribution in [-0.2, 0) is 9.53 Å². The maximum atomic E-state index is 11.8. The van der Waals surface area contributed by atoms with Crippen LogP contribution >= 0.6 is 15.9 Å². The van der Waals surface area contributed by atoms with E-state index in [0.29, 0.717) is 12.0 Å². The number of halogens is 1. The van der Waals surface area contributed by atoms with Gasteiger partial charge in [0.25, 0.3) is 0 Å². The Morgan fingerprint density at radius 2 is 1.94 bits per heavy atom. The van der Waals surface area contributed by atoms with E-state index < -0.39 is 11.6 Å². The fourth-order valence-electron chi connectivity index (χ4n) is 1.78. The third kappa shape index (κ3) is 1.97. The minimum absolute atomic E-state index is 0.0207. The van der Waals surface area contributed by atoms with Gasteiger partial charge in [-0.15, -0.1) is 0 Å². The second-order valence-electron chi connectivity index (χ2n) is 4.20. The van der Waals surface area contributed by atoms with E-state index in [2.05, 4.69) is 15.9 Å². The lowest BCUT2D eigenvalue weighted by molar-refractivity contribution is -0.145. The first-order valence-corrected chi connectivity index (χ1v) is 6.20. The van der Waals surface area contributed by atoms with Gasteiger partial charge in [-0.1, -0.05) is 35.0 Å². The van der Waals surface area contributed by atoms with Crippen LogP contribution in [0.15, 0.2) is 34.5 Å². The van der Waals surface area contributed by atoms with Gasteiger partial charge in [0, 0.05) is 4.47 Å². The van der Waals surface area contributed by atoms with Gasteiger partial charge in [0.15, 0.2) is 11.4 Å². The largest absolute Gasteiger partial charge is 0.507 e. The molecule has 0 aromatic heterocycles. The summed E-state index contributed by atoms with van der Waals surface area (Å²) >= 11 is 3.33. The van der Waals surface area contributed by atoms with Crippen LogP contribution in [-0.4, -0.2) is 16.7 Å². The van der Waals surface area contributed by atoms with Crippen molar-refractivity contribution in [1.29, 1.82) is 0 Å². The molecule has 1 unspecified atom stereocenters. The van der Waals surface area contributed by atoms with Crippen LogP contribution in [0, 0.1) is 0 Å². The fourth-order valence-corrected chi connectivity index (χ4v) is 2.04. The van der Waals surface area contributed by atoms with E-state index in [0.717, 1.165) is 4.47 Å². The van der Waals surface area contributed by atoms with Gasteiger partial charge in [-0.3, -0.25) is 0 Å². The molecule has 0 aliphatic carbocycles. The first-order chi connectivity index (χ1) is 7.98. The van der Waals surface area contributed by atoms with Crippen molar-refractivity contribution in [2.24, 2.45) is 0 Å². The molecule has 4 heteroatoms. The first-order valence-electron chi connectivity index (χ1n) is 5.41. The molecule has 0 fully saturated rings. The highest BCUT2D eigenvalue weighted by atomic mass is 79.9. The maximum absolute atomic E-state index is 11.8. The normalized spacial score (nSPS) is 24.1. The first kappa shape index (κ1) is 12.2. The lowest BCUT2D eigenvalue weighted by Crippen LogP contribution is -2.26. The Kier molecular flexibility index (Phi) is 3.00. The Balaban J connectivity index is 2.50. The Bertz CT molecular complexity index is 490. The number of aliphatic hydroxyl groups is 1. The zero-order chi connectivity index (χ0) is 12.6. The number of hydrogen-bond donors (Lipinski definition) is 1. The Labute approximate surface area is 108 Å². The fraction of sp³-hybridized carbons (Fsp3) is 0.308. The number of esters is 1. The quantitative estimate of drug-likeness (QED) is 0.851. The summed E-state index contributed by atoms with van der Waals surface area (Å²) < 4.78 is 6.15. The van der Waals surface area contributed by atoms with Crippen molar-refractivity contribution in [3.05, 3.63) is 40.1 Å². The van der Waals surface area contributed by atoms with Crippen molar-refractivity contribution in [3.63, 3.8) is 0 Å². The smallest absolute Gasteiger partial charge is 0.343 e. The molecular weight excluding hydrogens is 284 g/mol. The molecule has 1 aromatic rings. The van der Waals surface area contributed by atoms with Crippen LogP contribution in [0.4, 0.5) is 0 Å². The number of benzene rings is 1. The molecule has 0 saturated carbocycles. The highest BCUT2D eigenvalue weighted by Gasteiger charge is 2.43. The summed E-state index contributed by atoms with van der Waals surface area (Å²) in [7, 11) is 0. The minimum atomic E-state index is -0.889. The van der Waals surface area contributed by atoms with Gasteiger partial charge < -0.3 is 9.84 Å². The third-order valence-electron chi connectivity index (χ3n) is 3.07. The second-order valence-corrected chi connectivity index (χ2v) is 5.12. The summed E-state index contributed by atoms with van der Waals surface area (Å²) in [6, 6.07) is 7.20. The summed E-state index contributed by atoms with van der Waals surface area (Å²) in [4.78, 5) is 11.8. The number of cyclic esters (lactones) is 1. The van der Waals surface area contributed by atoms with E-state index in [-0.39, 0.29) is 11.3 Å². The van der Waals surface area contributed by atoms with E-state index >= 15 is 0 Å². The predicted octanol–water partition coefficient (Wildman–Crippen LogP) is 3.44. The van der Waals surface area contributed by atoms with Crippen LogP contribution in [0.1, 0.15) is 25.8 Å². The zero-order valence-electron chi connectivity index (χ0n) is 9.66. The average Bonchev–Trinajstić information content (AvgIpc) is 2.53. The van der Waals surface area contributed by atoms with Crippen molar-refractivity contribution in [3.8, 4) is 0 Å². The molecule has 2 rings (SSSR count). The number of carbonyl (C=O) groups excluding carboxylic acids is 1. The Hall–Kier alpha value is -1.29. The summed E-state index contributed by atoms with van der Waals surface area (Å²) in [6.45, 7) is 3.58. The van der Waals surface area contributed by atoms with Gasteiger partial charge in [0.2, 0.25) is 0 Å². The van der Waals surface area contributed by atoms with Gasteiger partial charge in [-0.05, 0) is 31.0 Å². The standard InChI is InChI=1S/C13H13BrO3/c1-3-13(2)11(15)10(12(16)17-13)8-4-6-9(14)7-5-8/h4-7,15H,3H2,1-2H3. The third-order valence-corrected chi connectivity index (χ3v) is 3.60. The minimum Gasteiger partial charge on any atom is -0.507 e. The molecule has 3 nitrogen and oxygen atoms in total. The molecule has 0 amide bonds. The second kappa shape index (κ2) is 4.18. The molecule has 1 aromatic carbocycles. The molecule has 17 heavy (non-hydrogen) atoms. The van der Waals surface area contributed by atoms with Gasteiger partial charge in [-0.25, -0.2) is 4.79 Å². The summed E-state index contributed by atoms with van der Waals surface area (Å²) in [5, 5.41) is 10.1. The highest BCUT2D eigenvalue weighted by Crippen LogP contribution is 2.38. The van der Waals surface area contributed by atoms with Gasteiger partial charge in [0.05, 0.1) is 0 Å². The molecule has 1 atom stereocenters. The van der Waals surface area contributed by atoms with E-state index in [9.17, 15) is 9.90 Å². The van der Waals surface area contributed by atoms with Crippen molar-refractivity contribution in [2.75, 3.05) is 0 Å².